The normalized spacial score (nSPS) is 12.5. The fraction of sp³-hybridized carbons (Fsp3) is 0.667. The summed E-state index contributed by atoms with van der Waals surface area (Å²) in [6.07, 6.45) is 1.90. The summed E-state index contributed by atoms with van der Waals surface area (Å²) in [6, 6.07) is 1.78. The van der Waals surface area contributed by atoms with Crippen LogP contribution in [-0.4, -0.2) is 39.7 Å². The van der Waals surface area contributed by atoms with Crippen molar-refractivity contribution in [3.63, 3.8) is 0 Å². The molecule has 0 fully saturated rings. The molecule has 17 heavy (non-hydrogen) atoms. The first-order chi connectivity index (χ1) is 8.08. The SMILES string of the molecule is CCN(CC)C(=O)C(C)NCc1ccn(C)n1. The van der Waals surface area contributed by atoms with Crippen molar-refractivity contribution >= 4 is 5.91 Å². The minimum Gasteiger partial charge on any atom is -0.342 e. The molecule has 0 aromatic carbocycles. The van der Waals surface area contributed by atoms with Gasteiger partial charge in [-0.15, -0.1) is 0 Å². The highest BCUT2D eigenvalue weighted by atomic mass is 16.2. The van der Waals surface area contributed by atoms with Crippen molar-refractivity contribution in [2.24, 2.45) is 7.05 Å². The molecule has 1 atom stereocenters. The molecule has 0 spiro atoms. The van der Waals surface area contributed by atoms with Crippen LogP contribution in [0.5, 0.6) is 0 Å². The summed E-state index contributed by atoms with van der Waals surface area (Å²) in [5.41, 5.74) is 0.951. The lowest BCUT2D eigenvalue weighted by atomic mass is 10.2. The van der Waals surface area contributed by atoms with E-state index in [0.717, 1.165) is 18.8 Å². The third-order valence-electron chi connectivity index (χ3n) is 2.80. The second kappa shape index (κ2) is 6.39. The number of carbonyl (C=O) groups is 1. The molecule has 96 valence electrons. The van der Waals surface area contributed by atoms with Crippen LogP contribution in [0, 0.1) is 0 Å². The zero-order valence-corrected chi connectivity index (χ0v) is 11.1. The number of hydrogen-bond acceptors (Lipinski definition) is 3. The van der Waals surface area contributed by atoms with E-state index in [9.17, 15) is 4.79 Å². The fourth-order valence-electron chi connectivity index (χ4n) is 1.71. The molecule has 1 aromatic heterocycles. The number of nitrogens with zero attached hydrogens (tertiary/aromatic N) is 3. The molecule has 1 unspecified atom stereocenters. The second-order valence-corrected chi connectivity index (χ2v) is 4.09. The molecule has 0 saturated carbocycles. The molecule has 0 bridgehead atoms. The maximum atomic E-state index is 12.0. The maximum absolute atomic E-state index is 12.0. The Bertz CT molecular complexity index is 357. The van der Waals surface area contributed by atoms with Crippen LogP contribution < -0.4 is 5.32 Å². The van der Waals surface area contributed by atoms with Gasteiger partial charge < -0.3 is 10.2 Å². The lowest BCUT2D eigenvalue weighted by Crippen LogP contribution is -2.44. The van der Waals surface area contributed by atoms with Crippen LogP contribution in [0.4, 0.5) is 0 Å². The number of rotatable bonds is 6. The maximum Gasteiger partial charge on any atom is 0.239 e. The van der Waals surface area contributed by atoms with Crippen LogP contribution in [0.3, 0.4) is 0 Å². The summed E-state index contributed by atoms with van der Waals surface area (Å²) in [5.74, 6) is 0.144. The van der Waals surface area contributed by atoms with Gasteiger partial charge in [0.2, 0.25) is 5.91 Å². The predicted octanol–water partition coefficient (Wildman–Crippen LogP) is 0.767. The Morgan fingerprint density at radius 2 is 2.18 bits per heavy atom. The number of carbonyl (C=O) groups excluding carboxylic acids is 1. The van der Waals surface area contributed by atoms with Gasteiger partial charge in [-0.3, -0.25) is 9.48 Å². The van der Waals surface area contributed by atoms with Crippen LogP contribution >= 0.6 is 0 Å². The van der Waals surface area contributed by atoms with Crippen molar-refractivity contribution in [2.45, 2.75) is 33.4 Å². The molecule has 0 radical (unpaired) electrons. The Morgan fingerprint density at radius 3 is 2.65 bits per heavy atom. The Balaban J connectivity index is 2.43. The third kappa shape index (κ3) is 3.85. The van der Waals surface area contributed by atoms with E-state index in [1.807, 2.05) is 45.0 Å². The van der Waals surface area contributed by atoms with Crippen molar-refractivity contribution in [3.05, 3.63) is 18.0 Å². The predicted molar refractivity (Wildman–Crippen MR) is 67.4 cm³/mol. The topological polar surface area (TPSA) is 50.2 Å². The van der Waals surface area contributed by atoms with Gasteiger partial charge in [-0.2, -0.15) is 5.10 Å². The van der Waals surface area contributed by atoms with Gasteiger partial charge in [0.1, 0.15) is 0 Å². The quantitative estimate of drug-likeness (QED) is 0.796. The van der Waals surface area contributed by atoms with E-state index in [4.69, 9.17) is 0 Å². The Hall–Kier alpha value is -1.36. The van der Waals surface area contributed by atoms with Crippen LogP contribution in [0.25, 0.3) is 0 Å². The lowest BCUT2D eigenvalue weighted by Gasteiger charge is -2.23. The van der Waals surface area contributed by atoms with E-state index in [2.05, 4.69) is 10.4 Å². The molecule has 1 rings (SSSR count). The average Bonchev–Trinajstić information content (AvgIpc) is 2.73. The molecule has 1 amide bonds. The van der Waals surface area contributed by atoms with Crippen molar-refractivity contribution in [1.29, 1.82) is 0 Å². The standard InChI is InChI=1S/C12H22N4O/c1-5-16(6-2)12(17)10(3)13-9-11-7-8-15(4)14-11/h7-8,10,13H,5-6,9H2,1-4H3. The lowest BCUT2D eigenvalue weighted by molar-refractivity contribution is -0.132. The first-order valence-corrected chi connectivity index (χ1v) is 6.09. The molecular weight excluding hydrogens is 216 g/mol. The van der Waals surface area contributed by atoms with Gasteiger partial charge in [-0.1, -0.05) is 0 Å². The molecule has 5 nitrogen and oxygen atoms in total. The van der Waals surface area contributed by atoms with E-state index >= 15 is 0 Å². The van der Waals surface area contributed by atoms with E-state index in [0.29, 0.717) is 6.54 Å². The fourth-order valence-corrected chi connectivity index (χ4v) is 1.71. The van der Waals surface area contributed by atoms with E-state index in [1.165, 1.54) is 0 Å². The van der Waals surface area contributed by atoms with E-state index in [1.54, 1.807) is 4.68 Å². The molecule has 0 saturated heterocycles. The number of aryl methyl sites for hydroxylation is 1. The minimum atomic E-state index is -0.170. The monoisotopic (exact) mass is 238 g/mol. The zero-order valence-electron chi connectivity index (χ0n) is 11.1. The van der Waals surface area contributed by atoms with Crippen molar-refractivity contribution in [3.8, 4) is 0 Å². The summed E-state index contributed by atoms with van der Waals surface area (Å²) in [6.45, 7) is 8.01. The highest BCUT2D eigenvalue weighted by Gasteiger charge is 2.17. The molecule has 1 N–H and O–H groups in total. The summed E-state index contributed by atoms with van der Waals surface area (Å²) in [4.78, 5) is 13.8. The molecule has 0 aliphatic carbocycles. The minimum absolute atomic E-state index is 0.144. The number of nitrogens with one attached hydrogen (secondary N) is 1. The number of amides is 1. The molecule has 1 heterocycles. The smallest absolute Gasteiger partial charge is 0.239 e. The summed E-state index contributed by atoms with van der Waals surface area (Å²) in [7, 11) is 1.88. The summed E-state index contributed by atoms with van der Waals surface area (Å²) >= 11 is 0. The van der Waals surface area contributed by atoms with Gasteiger partial charge in [0.25, 0.3) is 0 Å². The molecular formula is C12H22N4O. The molecule has 0 aliphatic heterocycles. The van der Waals surface area contributed by atoms with Crippen molar-refractivity contribution < 1.29 is 4.79 Å². The van der Waals surface area contributed by atoms with Crippen LogP contribution in [0.1, 0.15) is 26.5 Å². The van der Waals surface area contributed by atoms with Gasteiger partial charge >= 0.3 is 0 Å². The summed E-state index contributed by atoms with van der Waals surface area (Å²) < 4.78 is 1.76. The Labute approximate surface area is 103 Å². The zero-order chi connectivity index (χ0) is 12.8. The summed E-state index contributed by atoms with van der Waals surface area (Å²) in [5, 5.41) is 7.45. The average molecular weight is 238 g/mol. The Morgan fingerprint density at radius 1 is 1.53 bits per heavy atom. The van der Waals surface area contributed by atoms with Crippen LogP contribution in [0.2, 0.25) is 0 Å². The van der Waals surface area contributed by atoms with Crippen molar-refractivity contribution in [2.75, 3.05) is 13.1 Å². The molecule has 0 aliphatic rings. The number of hydrogen-bond donors (Lipinski definition) is 1. The number of likely N-dealkylation sites (N-methyl/N-ethyl adjacent to an activating group) is 1. The van der Waals surface area contributed by atoms with Gasteiger partial charge in [-0.05, 0) is 26.8 Å². The highest BCUT2D eigenvalue weighted by molar-refractivity contribution is 5.81. The van der Waals surface area contributed by atoms with E-state index in [-0.39, 0.29) is 11.9 Å². The van der Waals surface area contributed by atoms with Crippen LogP contribution in [0.15, 0.2) is 12.3 Å². The third-order valence-corrected chi connectivity index (χ3v) is 2.80. The van der Waals surface area contributed by atoms with Gasteiger partial charge in [0.15, 0.2) is 0 Å². The highest BCUT2D eigenvalue weighted by Crippen LogP contribution is 1.98. The van der Waals surface area contributed by atoms with E-state index < -0.39 is 0 Å². The molecule has 1 aromatic rings. The van der Waals surface area contributed by atoms with Gasteiger partial charge in [-0.25, -0.2) is 0 Å². The van der Waals surface area contributed by atoms with Gasteiger partial charge in [0, 0.05) is 32.9 Å². The second-order valence-electron chi connectivity index (χ2n) is 4.09. The molecule has 5 heteroatoms. The number of aromatic nitrogens is 2. The first kappa shape index (κ1) is 13.7. The Kier molecular flexibility index (Phi) is 5.15. The van der Waals surface area contributed by atoms with Gasteiger partial charge in [0.05, 0.1) is 11.7 Å². The first-order valence-electron chi connectivity index (χ1n) is 6.09. The largest absolute Gasteiger partial charge is 0.342 e. The van der Waals surface area contributed by atoms with Crippen molar-refractivity contribution in [1.82, 2.24) is 20.0 Å². The van der Waals surface area contributed by atoms with Crippen LogP contribution in [-0.2, 0) is 18.4 Å².